The molecule has 1 aliphatic rings. The van der Waals surface area contributed by atoms with E-state index in [0.717, 1.165) is 0 Å². The first kappa shape index (κ1) is 20.4. The van der Waals surface area contributed by atoms with Crippen LogP contribution in [-0.4, -0.2) is 51.7 Å². The minimum Gasteiger partial charge on any atom is -0.496 e. The number of benzene rings is 2. The maximum absolute atomic E-state index is 12.8. The van der Waals surface area contributed by atoms with Crippen molar-refractivity contribution in [3.63, 3.8) is 0 Å². The molecule has 7 nitrogen and oxygen atoms in total. The molecule has 0 saturated heterocycles. The number of hydrogen-bond acceptors (Lipinski definition) is 7. The van der Waals surface area contributed by atoms with Gasteiger partial charge in [-0.15, -0.1) is 0 Å². The number of hydrogen-bond donors (Lipinski definition) is 1. The van der Waals surface area contributed by atoms with Crippen molar-refractivity contribution < 1.29 is 33.6 Å². The first-order chi connectivity index (χ1) is 14.0. The normalized spacial score (nSPS) is 16.0. The molecule has 1 atom stereocenters. The average molecular weight is 398 g/mol. The Morgan fingerprint density at radius 2 is 1.52 bits per heavy atom. The fourth-order valence-corrected chi connectivity index (χ4v) is 3.57. The van der Waals surface area contributed by atoms with Gasteiger partial charge in [0, 0.05) is 12.0 Å². The number of carbonyl (C=O) groups excluding carboxylic acids is 2. The first-order valence-electron chi connectivity index (χ1n) is 8.88. The topological polar surface area (TPSA) is 91.3 Å². The third-order valence-electron chi connectivity index (χ3n) is 4.88. The molecule has 0 heterocycles. The summed E-state index contributed by atoms with van der Waals surface area (Å²) in [5, 5.41) is 10.6. The summed E-state index contributed by atoms with van der Waals surface area (Å²) in [5.74, 6) is 1.39. The molecule has 1 N–H and O–H groups in total. The molecule has 0 amide bonds. The zero-order valence-corrected chi connectivity index (χ0v) is 16.6. The van der Waals surface area contributed by atoms with Crippen LogP contribution < -0.4 is 18.9 Å². The Balaban J connectivity index is 2.26. The summed E-state index contributed by atoms with van der Waals surface area (Å²) in [7, 11) is 5.94. The lowest BCUT2D eigenvalue weighted by Crippen LogP contribution is -2.06. The quantitative estimate of drug-likeness (QED) is 0.717. The minimum absolute atomic E-state index is 0.0518. The summed E-state index contributed by atoms with van der Waals surface area (Å²) in [5.41, 5.74) is 2.21. The number of aliphatic hydroxyl groups is 1. The van der Waals surface area contributed by atoms with E-state index in [0.29, 0.717) is 57.1 Å². The van der Waals surface area contributed by atoms with Crippen molar-refractivity contribution in [2.75, 3.05) is 28.4 Å². The van der Waals surface area contributed by atoms with Crippen molar-refractivity contribution in [3.05, 3.63) is 47.0 Å². The second kappa shape index (κ2) is 8.36. The van der Waals surface area contributed by atoms with Gasteiger partial charge in [-0.25, -0.2) is 0 Å². The molecule has 0 aromatic heterocycles. The molecule has 0 radical (unpaired) electrons. The third kappa shape index (κ3) is 3.56. The largest absolute Gasteiger partial charge is 0.496 e. The lowest BCUT2D eigenvalue weighted by atomic mass is 9.94. The van der Waals surface area contributed by atoms with Crippen LogP contribution in [0.25, 0.3) is 11.1 Å². The number of methoxy groups -OCH3 is 4. The van der Waals surface area contributed by atoms with Crippen LogP contribution in [0, 0.1) is 0 Å². The van der Waals surface area contributed by atoms with Gasteiger partial charge in [-0.3, -0.25) is 9.59 Å². The van der Waals surface area contributed by atoms with Crippen LogP contribution in [0.1, 0.15) is 27.9 Å². The monoisotopic (exact) mass is 398 g/mol. The predicted octanol–water partition coefficient (Wildman–Crippen LogP) is 2.78. The molecule has 3 rings (SSSR count). The molecule has 7 heteroatoms. The fraction of sp³-hybridized carbons (Fsp3) is 0.273. The van der Waals surface area contributed by atoms with Crippen LogP contribution in [0.5, 0.6) is 23.0 Å². The molecule has 0 aliphatic heterocycles. The Morgan fingerprint density at radius 3 is 2.03 bits per heavy atom. The molecular weight excluding hydrogens is 376 g/mol. The summed E-state index contributed by atoms with van der Waals surface area (Å²) in [4.78, 5) is 24.2. The van der Waals surface area contributed by atoms with Gasteiger partial charge >= 0.3 is 0 Å². The lowest BCUT2D eigenvalue weighted by Gasteiger charge is -2.16. The molecule has 0 fully saturated rings. The van der Waals surface area contributed by atoms with E-state index in [2.05, 4.69) is 0 Å². The Kier molecular flexibility index (Phi) is 5.89. The van der Waals surface area contributed by atoms with Crippen LogP contribution in [0.2, 0.25) is 0 Å². The maximum atomic E-state index is 12.8. The first-order valence-corrected chi connectivity index (χ1v) is 8.88. The van der Waals surface area contributed by atoms with Crippen LogP contribution >= 0.6 is 0 Å². The number of Topliss-reactive ketones (excluding diaryl/α,β-unsaturated/α-hetero) is 1. The van der Waals surface area contributed by atoms with E-state index in [1.165, 1.54) is 28.4 Å². The summed E-state index contributed by atoms with van der Waals surface area (Å²) in [6.07, 6.45) is -0.376. The Bertz CT molecular complexity index is 966. The van der Waals surface area contributed by atoms with Crippen molar-refractivity contribution in [1.29, 1.82) is 0 Å². The van der Waals surface area contributed by atoms with E-state index < -0.39 is 6.10 Å². The molecule has 1 unspecified atom stereocenters. The van der Waals surface area contributed by atoms with Gasteiger partial charge < -0.3 is 24.1 Å². The van der Waals surface area contributed by atoms with E-state index in [9.17, 15) is 14.7 Å². The van der Waals surface area contributed by atoms with Crippen LogP contribution in [-0.2, 0) is 4.79 Å². The van der Waals surface area contributed by atoms with Gasteiger partial charge in [0.1, 0.15) is 5.75 Å². The average Bonchev–Trinajstić information content (AvgIpc) is 3.05. The highest BCUT2D eigenvalue weighted by Crippen LogP contribution is 2.44. The molecule has 0 spiro atoms. The maximum Gasteiger partial charge on any atom is 0.203 e. The van der Waals surface area contributed by atoms with Gasteiger partial charge in [0.2, 0.25) is 5.75 Å². The molecule has 2 aromatic carbocycles. The molecule has 0 saturated carbocycles. The van der Waals surface area contributed by atoms with Crippen molar-refractivity contribution in [2.45, 2.75) is 12.5 Å². The van der Waals surface area contributed by atoms with Gasteiger partial charge in [0.05, 0.1) is 40.1 Å². The fourth-order valence-electron chi connectivity index (χ4n) is 3.57. The smallest absolute Gasteiger partial charge is 0.203 e. The van der Waals surface area contributed by atoms with Gasteiger partial charge in [-0.05, 0) is 41.0 Å². The number of allylic oxidation sites excluding steroid dienone is 1. The summed E-state index contributed by atoms with van der Waals surface area (Å²) in [6, 6.07) is 8.27. The molecular formula is C22H22O7. The zero-order valence-electron chi connectivity index (χ0n) is 16.6. The number of ketones is 1. The Morgan fingerprint density at radius 1 is 0.897 bits per heavy atom. The highest BCUT2D eigenvalue weighted by Gasteiger charge is 2.34. The molecule has 0 bridgehead atoms. The van der Waals surface area contributed by atoms with Crippen LogP contribution in [0.4, 0.5) is 0 Å². The number of aliphatic hydroxyl groups excluding tert-OH is 1. The van der Waals surface area contributed by atoms with E-state index in [4.69, 9.17) is 18.9 Å². The Labute approximate surface area is 168 Å². The summed E-state index contributed by atoms with van der Waals surface area (Å²) < 4.78 is 21.3. The number of rotatable bonds is 7. The highest BCUT2D eigenvalue weighted by molar-refractivity contribution is 6.32. The van der Waals surface area contributed by atoms with E-state index in [1.807, 2.05) is 0 Å². The number of aldehydes is 1. The van der Waals surface area contributed by atoms with Gasteiger partial charge in [-0.1, -0.05) is 6.07 Å². The Hall–Kier alpha value is -3.32. The van der Waals surface area contributed by atoms with E-state index in [1.54, 1.807) is 30.3 Å². The van der Waals surface area contributed by atoms with Crippen molar-refractivity contribution in [3.8, 4) is 23.0 Å². The molecule has 152 valence electrons. The second-order valence-corrected chi connectivity index (χ2v) is 6.42. The van der Waals surface area contributed by atoms with Gasteiger partial charge in [0.15, 0.2) is 23.6 Å². The predicted molar refractivity (Wildman–Crippen MR) is 107 cm³/mol. The van der Waals surface area contributed by atoms with Crippen LogP contribution in [0.3, 0.4) is 0 Å². The second-order valence-electron chi connectivity index (χ2n) is 6.42. The molecule has 2 aromatic rings. The van der Waals surface area contributed by atoms with Crippen molar-refractivity contribution in [1.82, 2.24) is 0 Å². The molecule has 29 heavy (non-hydrogen) atoms. The van der Waals surface area contributed by atoms with Crippen molar-refractivity contribution in [2.24, 2.45) is 0 Å². The minimum atomic E-state index is -0.996. The van der Waals surface area contributed by atoms with Gasteiger partial charge in [0.25, 0.3) is 0 Å². The lowest BCUT2D eigenvalue weighted by molar-refractivity contribution is -0.114. The summed E-state index contributed by atoms with van der Waals surface area (Å²) >= 11 is 0. The number of carbonyl (C=O) groups is 2. The van der Waals surface area contributed by atoms with E-state index in [-0.39, 0.29) is 12.2 Å². The highest BCUT2D eigenvalue weighted by atomic mass is 16.5. The SMILES string of the molecule is COc1ccc(C2=C(c3cc(OC)c(OC)c(OC)c3)C(=O)CC2O)cc1C=O. The van der Waals surface area contributed by atoms with E-state index >= 15 is 0 Å². The third-order valence-corrected chi connectivity index (χ3v) is 4.88. The molecule has 1 aliphatic carbocycles. The van der Waals surface area contributed by atoms with Crippen LogP contribution in [0.15, 0.2) is 30.3 Å². The van der Waals surface area contributed by atoms with Gasteiger partial charge in [-0.2, -0.15) is 0 Å². The number of ether oxygens (including phenoxy) is 4. The van der Waals surface area contributed by atoms with Crippen molar-refractivity contribution >= 4 is 23.2 Å². The zero-order chi connectivity index (χ0) is 21.1. The standard InChI is InChI=1S/C22H22O7/c1-26-17-6-5-12(7-14(17)11-23)20-15(24)10-16(25)21(20)13-8-18(27-2)22(29-4)19(9-13)28-3/h5-9,11,15,24H,10H2,1-4H3. The summed E-state index contributed by atoms with van der Waals surface area (Å²) in [6.45, 7) is 0.